The summed E-state index contributed by atoms with van der Waals surface area (Å²) in [6.07, 6.45) is 6.07. The van der Waals surface area contributed by atoms with E-state index in [2.05, 4.69) is 60.7 Å². The third kappa shape index (κ3) is 4.78. The van der Waals surface area contributed by atoms with Crippen molar-refractivity contribution < 1.29 is 4.79 Å². The molecular weight excluding hydrogens is 336 g/mol. The van der Waals surface area contributed by atoms with Crippen LogP contribution < -0.4 is 0 Å². The van der Waals surface area contributed by atoms with Gasteiger partial charge in [0.2, 0.25) is 0 Å². The first-order valence-corrected chi connectivity index (χ1v) is 10.0. The maximum absolute atomic E-state index is 13.0. The highest BCUT2D eigenvalue weighted by molar-refractivity contribution is 5.94. The van der Waals surface area contributed by atoms with E-state index in [1.54, 1.807) is 0 Å². The Bertz CT molecular complexity index is 748. The molecule has 1 aliphatic heterocycles. The molecule has 1 amide bonds. The van der Waals surface area contributed by atoms with Crippen LogP contribution in [0, 0.1) is 0 Å². The van der Waals surface area contributed by atoms with E-state index < -0.39 is 0 Å². The maximum atomic E-state index is 13.0. The molecule has 0 spiro atoms. The fourth-order valence-electron chi connectivity index (χ4n) is 3.74. The van der Waals surface area contributed by atoms with Crippen molar-refractivity contribution in [3.63, 3.8) is 0 Å². The molecule has 2 heterocycles. The van der Waals surface area contributed by atoms with Gasteiger partial charge in [0.25, 0.3) is 5.91 Å². The third-order valence-corrected chi connectivity index (χ3v) is 5.43. The summed E-state index contributed by atoms with van der Waals surface area (Å²) >= 11 is 0. The normalized spacial score (nSPS) is 17.7. The van der Waals surface area contributed by atoms with Crippen molar-refractivity contribution in [1.29, 1.82) is 0 Å². The second-order valence-electron chi connectivity index (χ2n) is 8.15. The van der Waals surface area contributed by atoms with E-state index in [1.165, 1.54) is 5.56 Å². The van der Waals surface area contributed by atoms with E-state index in [0.29, 0.717) is 11.8 Å². The van der Waals surface area contributed by atoms with Crippen molar-refractivity contribution in [2.75, 3.05) is 33.7 Å². The van der Waals surface area contributed by atoms with Gasteiger partial charge in [0.1, 0.15) is 5.82 Å². The van der Waals surface area contributed by atoms with Gasteiger partial charge in [-0.2, -0.15) is 0 Å². The van der Waals surface area contributed by atoms with E-state index >= 15 is 0 Å². The number of aromatic nitrogens is 2. The summed E-state index contributed by atoms with van der Waals surface area (Å²) in [7, 11) is 4.17. The predicted molar refractivity (Wildman–Crippen MR) is 109 cm³/mol. The molecule has 0 N–H and O–H groups in total. The number of benzene rings is 1. The van der Waals surface area contributed by atoms with Crippen molar-refractivity contribution in [3.05, 3.63) is 53.6 Å². The van der Waals surface area contributed by atoms with Crippen LogP contribution in [-0.4, -0.2) is 59.0 Å². The molecule has 0 bridgehead atoms. The SMILES string of the molecule is CC(C)c1ccc(C(=O)N2CCCC(c3nccn3CCN(C)C)C2)cc1. The number of imidazole rings is 1. The molecule has 0 radical (unpaired) electrons. The third-order valence-electron chi connectivity index (χ3n) is 5.43. The van der Waals surface area contributed by atoms with E-state index in [-0.39, 0.29) is 5.91 Å². The minimum absolute atomic E-state index is 0.140. The van der Waals surface area contributed by atoms with Gasteiger partial charge in [0.15, 0.2) is 0 Å². The Morgan fingerprint density at radius 3 is 2.67 bits per heavy atom. The number of piperidine rings is 1. The maximum Gasteiger partial charge on any atom is 0.253 e. The number of carbonyl (C=O) groups is 1. The number of likely N-dealkylation sites (tertiary alicyclic amines) is 1. The smallest absolute Gasteiger partial charge is 0.253 e. The lowest BCUT2D eigenvalue weighted by Gasteiger charge is -2.33. The van der Waals surface area contributed by atoms with Gasteiger partial charge in [-0.1, -0.05) is 26.0 Å². The first kappa shape index (κ1) is 19.6. The molecule has 27 heavy (non-hydrogen) atoms. The minimum Gasteiger partial charge on any atom is -0.338 e. The van der Waals surface area contributed by atoms with E-state index in [4.69, 9.17) is 0 Å². The van der Waals surface area contributed by atoms with E-state index in [9.17, 15) is 4.79 Å². The fourth-order valence-corrected chi connectivity index (χ4v) is 3.74. The average molecular weight is 369 g/mol. The highest BCUT2D eigenvalue weighted by atomic mass is 16.2. The Morgan fingerprint density at radius 1 is 1.26 bits per heavy atom. The van der Waals surface area contributed by atoms with Gasteiger partial charge < -0.3 is 14.4 Å². The number of nitrogens with zero attached hydrogens (tertiary/aromatic N) is 4. The van der Waals surface area contributed by atoms with Crippen LogP contribution in [-0.2, 0) is 6.54 Å². The zero-order valence-corrected chi connectivity index (χ0v) is 17.1. The van der Waals surface area contributed by atoms with Gasteiger partial charge in [0, 0.05) is 50.1 Å². The Kier molecular flexibility index (Phi) is 6.32. The molecule has 5 nitrogen and oxygen atoms in total. The molecular formula is C22H32N4O. The summed E-state index contributed by atoms with van der Waals surface area (Å²) in [6.45, 7) is 7.85. The van der Waals surface area contributed by atoms with Crippen LogP contribution in [0.4, 0.5) is 0 Å². The van der Waals surface area contributed by atoms with Crippen LogP contribution in [0.5, 0.6) is 0 Å². The Morgan fingerprint density at radius 2 is 2.00 bits per heavy atom. The number of likely N-dealkylation sites (N-methyl/N-ethyl adjacent to an activating group) is 1. The first-order chi connectivity index (χ1) is 13.0. The number of hydrogen-bond donors (Lipinski definition) is 0. The van der Waals surface area contributed by atoms with Crippen LogP contribution in [0.3, 0.4) is 0 Å². The molecule has 3 rings (SSSR count). The van der Waals surface area contributed by atoms with Crippen molar-refractivity contribution >= 4 is 5.91 Å². The first-order valence-electron chi connectivity index (χ1n) is 10.0. The molecule has 1 saturated heterocycles. The van der Waals surface area contributed by atoms with E-state index in [0.717, 1.165) is 50.4 Å². The van der Waals surface area contributed by atoms with Gasteiger partial charge in [-0.25, -0.2) is 4.98 Å². The lowest BCUT2D eigenvalue weighted by atomic mass is 9.96. The topological polar surface area (TPSA) is 41.4 Å². The minimum atomic E-state index is 0.140. The van der Waals surface area contributed by atoms with Crippen LogP contribution >= 0.6 is 0 Å². The van der Waals surface area contributed by atoms with Gasteiger partial charge in [0.05, 0.1) is 0 Å². The molecule has 1 aromatic heterocycles. The molecule has 0 saturated carbocycles. The summed E-state index contributed by atoms with van der Waals surface area (Å²) < 4.78 is 2.25. The summed E-state index contributed by atoms with van der Waals surface area (Å²) in [4.78, 5) is 21.8. The molecule has 146 valence electrons. The zero-order valence-electron chi connectivity index (χ0n) is 17.1. The Hall–Kier alpha value is -2.14. The van der Waals surface area contributed by atoms with Gasteiger partial charge in [-0.05, 0) is 50.6 Å². The summed E-state index contributed by atoms with van der Waals surface area (Å²) in [5.74, 6) is 2.05. The lowest BCUT2D eigenvalue weighted by molar-refractivity contribution is 0.0703. The van der Waals surface area contributed by atoms with Crippen LogP contribution in [0.1, 0.15) is 60.3 Å². The Balaban J connectivity index is 1.69. The van der Waals surface area contributed by atoms with Crippen LogP contribution in [0.25, 0.3) is 0 Å². The highest BCUT2D eigenvalue weighted by Gasteiger charge is 2.28. The molecule has 1 aromatic carbocycles. The van der Waals surface area contributed by atoms with Gasteiger partial charge in [-0.3, -0.25) is 4.79 Å². The fraction of sp³-hybridized carbons (Fsp3) is 0.545. The molecule has 1 unspecified atom stereocenters. The standard InChI is InChI=1S/C22H32N4O/c1-17(2)18-7-9-19(10-8-18)22(27)26-12-5-6-20(16-26)21-23-11-13-25(21)15-14-24(3)4/h7-11,13,17,20H,5-6,12,14-16H2,1-4H3. The summed E-state index contributed by atoms with van der Waals surface area (Å²) in [5, 5.41) is 0. The number of amides is 1. The average Bonchev–Trinajstić information content (AvgIpc) is 3.14. The monoisotopic (exact) mass is 368 g/mol. The summed E-state index contributed by atoms with van der Waals surface area (Å²) in [6, 6.07) is 8.10. The molecule has 5 heteroatoms. The number of hydrogen-bond acceptors (Lipinski definition) is 3. The Labute approximate surface area is 163 Å². The predicted octanol–water partition coefficient (Wildman–Crippen LogP) is 3.59. The van der Waals surface area contributed by atoms with Gasteiger partial charge >= 0.3 is 0 Å². The quantitative estimate of drug-likeness (QED) is 0.782. The van der Waals surface area contributed by atoms with Crippen LogP contribution in [0.15, 0.2) is 36.7 Å². The number of carbonyl (C=O) groups excluding carboxylic acids is 1. The zero-order chi connectivity index (χ0) is 19.4. The van der Waals surface area contributed by atoms with Crippen molar-refractivity contribution in [2.45, 2.75) is 45.1 Å². The molecule has 1 atom stereocenters. The number of rotatable bonds is 6. The van der Waals surface area contributed by atoms with E-state index in [1.807, 2.05) is 23.2 Å². The highest BCUT2D eigenvalue weighted by Crippen LogP contribution is 2.27. The second kappa shape index (κ2) is 8.70. The van der Waals surface area contributed by atoms with Crippen LogP contribution in [0.2, 0.25) is 0 Å². The summed E-state index contributed by atoms with van der Waals surface area (Å²) in [5.41, 5.74) is 2.06. The lowest BCUT2D eigenvalue weighted by Crippen LogP contribution is -2.40. The van der Waals surface area contributed by atoms with Crippen molar-refractivity contribution in [1.82, 2.24) is 19.4 Å². The van der Waals surface area contributed by atoms with Crippen molar-refractivity contribution in [2.24, 2.45) is 0 Å². The molecule has 0 aliphatic carbocycles. The van der Waals surface area contributed by atoms with Gasteiger partial charge in [-0.15, -0.1) is 0 Å². The van der Waals surface area contributed by atoms with Crippen molar-refractivity contribution in [3.8, 4) is 0 Å². The second-order valence-corrected chi connectivity index (χ2v) is 8.15. The molecule has 1 fully saturated rings. The molecule has 2 aromatic rings. The molecule has 1 aliphatic rings. The largest absolute Gasteiger partial charge is 0.338 e.